The zero-order chi connectivity index (χ0) is 27.0. The summed E-state index contributed by atoms with van der Waals surface area (Å²) in [5, 5.41) is 0. The molecule has 4 nitrogen and oxygen atoms in total. The Hall–Kier alpha value is -0.160. The zero-order valence-corrected chi connectivity index (χ0v) is 25.9. The molecule has 7 rings (SSSR count). The van der Waals surface area contributed by atoms with Crippen LogP contribution in [0.4, 0.5) is 0 Å². The monoisotopic (exact) mass is 556 g/mol. The first-order valence-electron chi connectivity index (χ1n) is 18.4. The van der Waals surface area contributed by atoms with Crippen LogP contribution in [0.15, 0.2) is 0 Å². The van der Waals surface area contributed by atoms with Gasteiger partial charge in [0.25, 0.3) is 0 Å². The maximum absolute atomic E-state index is 7.96. The summed E-state index contributed by atoms with van der Waals surface area (Å²) >= 11 is 0. The molecule has 40 heavy (non-hydrogen) atoms. The molecule has 0 bridgehead atoms. The van der Waals surface area contributed by atoms with Gasteiger partial charge in [-0.3, -0.25) is 0 Å². The van der Waals surface area contributed by atoms with Crippen molar-refractivity contribution >= 4 is 0 Å². The minimum Gasteiger partial charge on any atom is -0.365 e. The van der Waals surface area contributed by atoms with Gasteiger partial charge in [-0.2, -0.15) is 4.89 Å². The van der Waals surface area contributed by atoms with Gasteiger partial charge in [-0.05, 0) is 114 Å². The predicted octanol–water partition coefficient (Wildman–Crippen LogP) is 9.83. The Morgan fingerprint density at radius 2 is 1.07 bits per heavy atom. The predicted molar refractivity (Wildman–Crippen MR) is 159 cm³/mol. The third-order valence-electron chi connectivity index (χ3n) is 13.2. The van der Waals surface area contributed by atoms with Gasteiger partial charge in [0, 0.05) is 11.8 Å². The number of ether oxygens (including phenoxy) is 2. The molecule has 228 valence electrons. The normalized spacial score (nSPS) is 40.9. The van der Waals surface area contributed by atoms with Crippen LogP contribution in [-0.2, 0) is 19.2 Å². The lowest BCUT2D eigenvalue weighted by atomic mass is 9.38. The fourth-order valence-electron chi connectivity index (χ4n) is 11.1. The molecule has 0 radical (unpaired) electrons. The van der Waals surface area contributed by atoms with E-state index in [0.717, 1.165) is 37.0 Å². The summed E-state index contributed by atoms with van der Waals surface area (Å²) in [5.41, 5.74) is -0.225. The minimum atomic E-state index is -0.756. The molecule has 7 fully saturated rings. The Labute approximate surface area is 245 Å². The largest absolute Gasteiger partial charge is 0.365 e. The first-order valence-corrected chi connectivity index (χ1v) is 18.4. The maximum atomic E-state index is 7.96. The maximum Gasteiger partial charge on any atom is 0.232 e. The molecule has 7 aliphatic carbocycles. The van der Waals surface area contributed by atoms with Gasteiger partial charge in [-0.1, -0.05) is 71.1 Å². The number of hydrogen-bond donors (Lipinski definition) is 0. The van der Waals surface area contributed by atoms with E-state index < -0.39 is 5.79 Å². The van der Waals surface area contributed by atoms with Gasteiger partial charge in [0.15, 0.2) is 0 Å². The molecule has 4 unspecified atom stereocenters. The number of hydrogen-bond acceptors (Lipinski definition) is 4. The average molecular weight is 557 g/mol. The Morgan fingerprint density at radius 3 is 1.65 bits per heavy atom. The smallest absolute Gasteiger partial charge is 0.232 e. The first-order chi connectivity index (χ1) is 19.7. The van der Waals surface area contributed by atoms with Crippen molar-refractivity contribution in [1.82, 2.24) is 0 Å². The molecule has 7 aliphatic rings. The van der Waals surface area contributed by atoms with Crippen molar-refractivity contribution in [2.24, 2.45) is 29.1 Å². The molecular weight excluding hydrogens is 496 g/mol. The Morgan fingerprint density at radius 1 is 0.525 bits per heavy atom. The highest BCUT2D eigenvalue weighted by molar-refractivity contribution is 5.23. The van der Waals surface area contributed by atoms with Crippen molar-refractivity contribution in [1.29, 1.82) is 0 Å². The molecule has 4 heteroatoms. The lowest BCUT2D eigenvalue weighted by Gasteiger charge is -2.72. The highest BCUT2D eigenvalue weighted by Crippen LogP contribution is 2.73. The molecule has 0 spiro atoms. The lowest BCUT2D eigenvalue weighted by Crippen LogP contribution is -2.79. The van der Waals surface area contributed by atoms with E-state index in [2.05, 4.69) is 6.92 Å². The number of rotatable bonds is 12. The molecule has 0 N–H and O–H groups in total. The van der Waals surface area contributed by atoms with Gasteiger partial charge in [0.1, 0.15) is 5.60 Å². The summed E-state index contributed by atoms with van der Waals surface area (Å²) in [6.45, 7) is 2.44. The van der Waals surface area contributed by atoms with E-state index >= 15 is 0 Å². The van der Waals surface area contributed by atoms with Crippen molar-refractivity contribution < 1.29 is 19.2 Å². The van der Waals surface area contributed by atoms with E-state index in [4.69, 9.17) is 19.2 Å². The fraction of sp³-hybridized carbons (Fsp3) is 1.00. The molecule has 0 saturated heterocycles. The van der Waals surface area contributed by atoms with Crippen LogP contribution in [0.2, 0.25) is 0 Å². The van der Waals surface area contributed by atoms with Gasteiger partial charge in [0.05, 0.1) is 18.3 Å². The van der Waals surface area contributed by atoms with E-state index in [-0.39, 0.29) is 17.1 Å². The van der Waals surface area contributed by atoms with Crippen LogP contribution in [0, 0.1) is 29.1 Å². The molecule has 0 aromatic carbocycles. The first kappa shape index (κ1) is 28.6. The highest BCUT2D eigenvalue weighted by atomic mass is 17.2. The third kappa shape index (κ3) is 4.76. The molecule has 0 amide bonds. The Kier molecular flexibility index (Phi) is 8.64. The van der Waals surface area contributed by atoms with Gasteiger partial charge in [0.2, 0.25) is 5.79 Å². The SMILES string of the molecule is CCCC1CCC(OOC2CCCC2)(OC2CCC2)C(OC2CC2)(C2CCCCC2)C1(C1CCCC1)C1CCC1. The summed E-state index contributed by atoms with van der Waals surface area (Å²) in [7, 11) is 0. The van der Waals surface area contributed by atoms with Gasteiger partial charge in [-0.25, -0.2) is 4.89 Å². The van der Waals surface area contributed by atoms with Crippen LogP contribution < -0.4 is 0 Å². The fourth-order valence-corrected chi connectivity index (χ4v) is 11.1. The summed E-state index contributed by atoms with van der Waals surface area (Å²) in [5.74, 6) is 1.99. The van der Waals surface area contributed by atoms with Crippen LogP contribution in [-0.4, -0.2) is 29.7 Å². The van der Waals surface area contributed by atoms with E-state index in [9.17, 15) is 0 Å². The van der Waals surface area contributed by atoms with Crippen LogP contribution in [0.25, 0.3) is 0 Å². The summed E-state index contributed by atoms with van der Waals surface area (Å²) < 4.78 is 15.5. The van der Waals surface area contributed by atoms with E-state index in [1.165, 1.54) is 141 Å². The average Bonchev–Trinajstić information content (AvgIpc) is 3.34. The van der Waals surface area contributed by atoms with Gasteiger partial charge >= 0.3 is 0 Å². The Bertz CT molecular complexity index is 817. The molecule has 0 aliphatic heterocycles. The summed E-state index contributed by atoms with van der Waals surface area (Å²) in [6.07, 6.45) is 33.0. The van der Waals surface area contributed by atoms with Crippen LogP contribution in [0.3, 0.4) is 0 Å². The third-order valence-corrected chi connectivity index (χ3v) is 13.2. The quantitative estimate of drug-likeness (QED) is 0.136. The van der Waals surface area contributed by atoms with E-state index in [1.807, 2.05) is 0 Å². The lowest BCUT2D eigenvalue weighted by molar-refractivity contribution is -0.526. The molecule has 4 atom stereocenters. The van der Waals surface area contributed by atoms with Gasteiger partial charge < -0.3 is 9.47 Å². The highest BCUT2D eigenvalue weighted by Gasteiger charge is 2.78. The molecule has 0 aromatic heterocycles. The van der Waals surface area contributed by atoms with Crippen molar-refractivity contribution in [2.75, 3.05) is 0 Å². The second-order valence-electron chi connectivity index (χ2n) is 15.5. The molecule has 0 aromatic rings. The molecule has 7 saturated carbocycles. The van der Waals surface area contributed by atoms with Gasteiger partial charge in [-0.15, -0.1) is 0 Å². The zero-order valence-electron chi connectivity index (χ0n) is 25.9. The Balaban J connectivity index is 1.42. The standard InChI is InChI=1S/C36H60O4/c1-2-12-27-25-26-34(37-31-21-11-22-31,40-39-33-19-8-9-20-33)36(38-32-23-24-32,30-15-4-3-5-16-30)35(27,29-17-10-18-29)28-13-6-7-14-28/h27-33H,2-26H2,1H3. The van der Waals surface area contributed by atoms with Crippen LogP contribution >= 0.6 is 0 Å². The second-order valence-corrected chi connectivity index (χ2v) is 15.5. The molecular formula is C36H60O4. The van der Waals surface area contributed by atoms with Crippen molar-refractivity contribution in [3.8, 4) is 0 Å². The van der Waals surface area contributed by atoms with Crippen molar-refractivity contribution in [3.05, 3.63) is 0 Å². The van der Waals surface area contributed by atoms with Crippen molar-refractivity contribution in [2.45, 2.75) is 197 Å². The van der Waals surface area contributed by atoms with Crippen LogP contribution in [0.5, 0.6) is 0 Å². The topological polar surface area (TPSA) is 36.9 Å². The molecule has 0 heterocycles. The summed E-state index contributed by atoms with van der Waals surface area (Å²) in [4.78, 5) is 13.8. The van der Waals surface area contributed by atoms with E-state index in [1.54, 1.807) is 0 Å². The second kappa shape index (κ2) is 12.1. The van der Waals surface area contributed by atoms with Crippen molar-refractivity contribution in [3.63, 3.8) is 0 Å². The minimum absolute atomic E-state index is 0.156. The van der Waals surface area contributed by atoms with E-state index in [0.29, 0.717) is 18.1 Å². The van der Waals surface area contributed by atoms with Crippen LogP contribution in [0.1, 0.15) is 167 Å². The summed E-state index contributed by atoms with van der Waals surface area (Å²) in [6, 6.07) is 0.